The van der Waals surface area contributed by atoms with Crippen LogP contribution in [0.3, 0.4) is 0 Å². The van der Waals surface area contributed by atoms with Crippen molar-refractivity contribution in [3.05, 3.63) is 149 Å². The van der Waals surface area contributed by atoms with Gasteiger partial charge in [0.05, 0.1) is 6.61 Å². The zero-order valence-corrected chi connectivity index (χ0v) is 29.8. The molecule has 0 aromatic heterocycles. The number of phenols is 1. The van der Waals surface area contributed by atoms with Crippen LogP contribution in [0.4, 0.5) is 5.69 Å². The second-order valence-corrected chi connectivity index (χ2v) is 13.5. The molecule has 0 bridgehead atoms. The lowest BCUT2D eigenvalue weighted by Gasteiger charge is -2.29. The van der Waals surface area contributed by atoms with Crippen molar-refractivity contribution in [3.63, 3.8) is 0 Å². The van der Waals surface area contributed by atoms with Gasteiger partial charge in [0.2, 0.25) is 11.8 Å². The normalized spacial score (nSPS) is 15.8. The van der Waals surface area contributed by atoms with E-state index in [0.29, 0.717) is 25.1 Å². The van der Waals surface area contributed by atoms with E-state index in [1.54, 1.807) is 17.0 Å². The Balaban J connectivity index is 0.897. The number of hydrogen-bond donors (Lipinski definition) is 3. The third kappa shape index (κ3) is 8.02. The van der Waals surface area contributed by atoms with E-state index in [4.69, 9.17) is 4.74 Å². The number of phenolic OH excluding ortho intramolecular Hbond substituents is 1. The minimum Gasteiger partial charge on any atom is -0.508 e. The first kappa shape index (κ1) is 35.3. The molecule has 1 atom stereocenters. The number of allylic oxidation sites excluding steroid dienone is 1. The van der Waals surface area contributed by atoms with E-state index < -0.39 is 11.9 Å². The molecule has 2 aliphatic rings. The third-order valence-electron chi connectivity index (χ3n) is 9.99. The Labute approximate surface area is 310 Å². The average molecular weight is 706 g/mol. The second-order valence-electron chi connectivity index (χ2n) is 13.5. The van der Waals surface area contributed by atoms with E-state index in [1.807, 2.05) is 48.5 Å². The molecule has 2 aliphatic heterocycles. The first-order valence-corrected chi connectivity index (χ1v) is 18.3. The van der Waals surface area contributed by atoms with Crippen molar-refractivity contribution >= 4 is 34.6 Å². The van der Waals surface area contributed by atoms with Crippen LogP contribution in [0, 0.1) is 0 Å². The molecule has 7 rings (SSSR count). The maximum atomic E-state index is 13.1. The number of imide groups is 1. The van der Waals surface area contributed by atoms with Gasteiger partial charge in [-0.2, -0.15) is 0 Å². The number of carbonyl (C=O) groups excluding carboxylic acids is 3. The summed E-state index contributed by atoms with van der Waals surface area (Å²) in [5, 5.41) is 15.8. The third-order valence-corrected chi connectivity index (χ3v) is 9.99. The molecule has 0 spiro atoms. The van der Waals surface area contributed by atoms with Gasteiger partial charge in [0.1, 0.15) is 17.5 Å². The number of unbranched alkanes of at least 4 members (excludes halogenated alkanes) is 1. The highest BCUT2D eigenvalue weighted by molar-refractivity contribution is 6.05. The standard InChI is InChI=1S/C45H43N3O5/c1-2-39(31-8-4-3-5-9-31)43(32-12-19-37(49)20-13-32)33-14-21-38(22-15-33)53-27-7-6-26-46-36-17-10-30(11-18-36)34-16-23-40-35(28-34)29-48(45(40)52)41-24-25-42(50)47-44(41)51/h3-5,8-23,28,41,46,49H,2,6-7,24-27,29H2,1H3,(H,47,50,51). The molecule has 1 fully saturated rings. The van der Waals surface area contributed by atoms with Crippen LogP contribution in [0.5, 0.6) is 11.5 Å². The van der Waals surface area contributed by atoms with Crippen molar-refractivity contribution in [2.75, 3.05) is 18.5 Å². The number of anilines is 1. The molecule has 0 aliphatic carbocycles. The van der Waals surface area contributed by atoms with Crippen LogP contribution < -0.4 is 15.4 Å². The van der Waals surface area contributed by atoms with Crippen molar-refractivity contribution in [1.29, 1.82) is 0 Å². The second kappa shape index (κ2) is 16.0. The molecule has 1 saturated heterocycles. The van der Waals surface area contributed by atoms with Gasteiger partial charge in [-0.3, -0.25) is 19.7 Å². The molecule has 53 heavy (non-hydrogen) atoms. The fourth-order valence-electron chi connectivity index (χ4n) is 7.21. The van der Waals surface area contributed by atoms with Gasteiger partial charge in [0, 0.05) is 30.8 Å². The van der Waals surface area contributed by atoms with Crippen LogP contribution in [0.25, 0.3) is 22.3 Å². The van der Waals surface area contributed by atoms with Gasteiger partial charge in [0.25, 0.3) is 5.91 Å². The summed E-state index contributed by atoms with van der Waals surface area (Å²) < 4.78 is 6.11. The molecule has 2 heterocycles. The van der Waals surface area contributed by atoms with E-state index in [2.05, 4.69) is 78.2 Å². The molecule has 268 valence electrons. The summed E-state index contributed by atoms with van der Waals surface area (Å²) >= 11 is 0. The van der Waals surface area contributed by atoms with Gasteiger partial charge in [-0.15, -0.1) is 0 Å². The van der Waals surface area contributed by atoms with Gasteiger partial charge < -0.3 is 20.1 Å². The van der Waals surface area contributed by atoms with Crippen LogP contribution in [0.15, 0.2) is 121 Å². The summed E-state index contributed by atoms with van der Waals surface area (Å²) in [6, 6.07) is 39.6. The maximum absolute atomic E-state index is 13.1. The Hall–Kier alpha value is -6.15. The Morgan fingerprint density at radius 3 is 2.21 bits per heavy atom. The number of benzene rings is 5. The minimum absolute atomic E-state index is 0.165. The lowest BCUT2D eigenvalue weighted by atomic mass is 9.88. The van der Waals surface area contributed by atoms with E-state index in [0.717, 1.165) is 70.6 Å². The van der Waals surface area contributed by atoms with Crippen molar-refractivity contribution in [2.45, 2.75) is 51.6 Å². The number of fused-ring (bicyclic) bond motifs is 1. The fraction of sp³-hybridized carbons (Fsp3) is 0.222. The summed E-state index contributed by atoms with van der Waals surface area (Å²) in [6.07, 6.45) is 3.31. The summed E-state index contributed by atoms with van der Waals surface area (Å²) in [4.78, 5) is 38.6. The number of nitrogens with one attached hydrogen (secondary N) is 2. The van der Waals surface area contributed by atoms with Crippen LogP contribution >= 0.6 is 0 Å². The first-order valence-electron chi connectivity index (χ1n) is 18.3. The fourth-order valence-corrected chi connectivity index (χ4v) is 7.21. The van der Waals surface area contributed by atoms with Crippen LogP contribution in [-0.2, 0) is 16.1 Å². The largest absolute Gasteiger partial charge is 0.508 e. The Morgan fingerprint density at radius 2 is 1.51 bits per heavy atom. The zero-order chi connectivity index (χ0) is 36.7. The van der Waals surface area contributed by atoms with Crippen LogP contribution in [0.2, 0.25) is 0 Å². The highest BCUT2D eigenvalue weighted by atomic mass is 16.5. The maximum Gasteiger partial charge on any atom is 0.255 e. The monoisotopic (exact) mass is 705 g/mol. The number of hydrogen-bond acceptors (Lipinski definition) is 6. The SMILES string of the molecule is CCC(=C(c1ccc(O)cc1)c1ccc(OCCCCNc2ccc(-c3ccc4c(c3)CN(C3CCC(=O)NC3=O)C4=O)cc2)cc1)c1ccccc1. The van der Waals surface area contributed by atoms with Gasteiger partial charge >= 0.3 is 0 Å². The smallest absolute Gasteiger partial charge is 0.255 e. The van der Waals surface area contributed by atoms with Crippen molar-refractivity contribution in [3.8, 4) is 22.6 Å². The molecule has 8 nitrogen and oxygen atoms in total. The lowest BCUT2D eigenvalue weighted by Crippen LogP contribution is -2.52. The van der Waals surface area contributed by atoms with E-state index in [-0.39, 0.29) is 24.0 Å². The molecular weight excluding hydrogens is 663 g/mol. The van der Waals surface area contributed by atoms with Gasteiger partial charge in [-0.25, -0.2) is 0 Å². The Kier molecular flexibility index (Phi) is 10.7. The summed E-state index contributed by atoms with van der Waals surface area (Å²) in [5.41, 5.74) is 10.3. The van der Waals surface area contributed by atoms with Gasteiger partial charge in [-0.05, 0) is 119 Å². The van der Waals surface area contributed by atoms with Crippen LogP contribution in [-0.4, -0.2) is 46.9 Å². The molecule has 3 amide bonds. The Morgan fingerprint density at radius 1 is 0.811 bits per heavy atom. The molecule has 5 aromatic carbocycles. The summed E-state index contributed by atoms with van der Waals surface area (Å²) in [7, 11) is 0. The van der Waals surface area contributed by atoms with Crippen molar-refractivity contribution < 1.29 is 24.2 Å². The minimum atomic E-state index is -0.617. The first-order chi connectivity index (χ1) is 25.9. The lowest BCUT2D eigenvalue weighted by molar-refractivity contribution is -0.136. The predicted octanol–water partition coefficient (Wildman–Crippen LogP) is 8.46. The number of ether oxygens (including phenoxy) is 1. The molecular formula is C45H43N3O5. The molecule has 0 saturated carbocycles. The quantitative estimate of drug-likeness (QED) is 0.0645. The molecule has 5 aromatic rings. The van der Waals surface area contributed by atoms with Crippen LogP contribution in [0.1, 0.15) is 71.6 Å². The number of amides is 3. The average Bonchev–Trinajstić information content (AvgIpc) is 3.51. The highest BCUT2D eigenvalue weighted by Crippen LogP contribution is 2.36. The van der Waals surface area contributed by atoms with Crippen molar-refractivity contribution in [2.24, 2.45) is 0 Å². The zero-order valence-electron chi connectivity index (χ0n) is 29.8. The molecule has 0 radical (unpaired) electrons. The molecule has 8 heteroatoms. The highest BCUT2D eigenvalue weighted by Gasteiger charge is 2.39. The predicted molar refractivity (Wildman–Crippen MR) is 208 cm³/mol. The summed E-state index contributed by atoms with van der Waals surface area (Å²) in [6.45, 7) is 3.97. The van der Waals surface area contributed by atoms with E-state index in [1.165, 1.54) is 11.1 Å². The topological polar surface area (TPSA) is 108 Å². The number of rotatable bonds is 13. The van der Waals surface area contributed by atoms with Gasteiger partial charge in [0.15, 0.2) is 0 Å². The number of nitrogens with zero attached hydrogens (tertiary/aromatic N) is 1. The molecule has 1 unspecified atom stereocenters. The van der Waals surface area contributed by atoms with Crippen molar-refractivity contribution in [1.82, 2.24) is 10.2 Å². The number of carbonyl (C=O) groups is 3. The van der Waals surface area contributed by atoms with E-state index >= 15 is 0 Å². The summed E-state index contributed by atoms with van der Waals surface area (Å²) in [5.74, 6) is 0.228. The molecule has 3 N–H and O–H groups in total. The van der Waals surface area contributed by atoms with E-state index in [9.17, 15) is 19.5 Å². The van der Waals surface area contributed by atoms with Gasteiger partial charge in [-0.1, -0.05) is 79.7 Å². The number of piperidine rings is 1. The Bertz CT molecular complexity index is 2120. The number of aromatic hydroxyl groups is 1.